The molecule has 0 aliphatic carbocycles. The van der Waals surface area contributed by atoms with Gasteiger partial charge < -0.3 is 30.9 Å². The smallest absolute Gasteiger partial charge is 0.173 e. The summed E-state index contributed by atoms with van der Waals surface area (Å²) in [7, 11) is 0. The fraction of sp³-hybridized carbons (Fsp3) is 1.00. The van der Waals surface area contributed by atoms with Crippen LogP contribution < -0.4 is 5.73 Å². The Morgan fingerprint density at radius 2 is 1.75 bits per heavy atom. The van der Waals surface area contributed by atoms with Crippen LogP contribution in [-0.4, -0.2) is 57.7 Å². The maximum atomic E-state index is 9.20. The molecular formula is C6H13NO5. The summed E-state index contributed by atoms with van der Waals surface area (Å²) in [5, 5.41) is 36.1. The third-order valence-electron chi connectivity index (χ3n) is 1.95. The Bertz CT molecular complexity index is 150. The molecule has 6 heteroatoms. The largest absolute Gasteiger partial charge is 0.394 e. The summed E-state index contributed by atoms with van der Waals surface area (Å²) in [6.07, 6.45) is -4.85. The average Bonchev–Trinajstić information content (AvgIpc) is 2.08. The first kappa shape index (κ1) is 9.85. The molecule has 72 valence electrons. The highest BCUT2D eigenvalue weighted by Crippen LogP contribution is 2.17. The van der Waals surface area contributed by atoms with Gasteiger partial charge in [0.1, 0.15) is 18.3 Å². The number of rotatable bonds is 1. The zero-order chi connectivity index (χ0) is 9.30. The van der Waals surface area contributed by atoms with E-state index in [1.807, 2.05) is 0 Å². The Labute approximate surface area is 69.2 Å². The van der Waals surface area contributed by atoms with Gasteiger partial charge in [0.05, 0.1) is 12.6 Å². The zero-order valence-corrected chi connectivity index (χ0v) is 6.37. The van der Waals surface area contributed by atoms with E-state index in [1.165, 1.54) is 0 Å². The molecule has 0 spiro atoms. The summed E-state index contributed by atoms with van der Waals surface area (Å²) in [4.78, 5) is 0. The van der Waals surface area contributed by atoms with Crippen molar-refractivity contribution in [3.63, 3.8) is 0 Å². The SMILES string of the molecule is N[C@@H]1C(O)OC(CO)[C@H](O)C1O. The first-order chi connectivity index (χ1) is 5.57. The highest BCUT2D eigenvalue weighted by molar-refractivity contribution is 4.90. The Hall–Kier alpha value is -0.240. The number of nitrogens with two attached hydrogens (primary N) is 1. The van der Waals surface area contributed by atoms with Crippen molar-refractivity contribution in [1.82, 2.24) is 0 Å². The number of hydrogen-bond donors (Lipinski definition) is 5. The van der Waals surface area contributed by atoms with Gasteiger partial charge in [0.15, 0.2) is 6.29 Å². The maximum Gasteiger partial charge on any atom is 0.173 e. The molecule has 1 fully saturated rings. The minimum absolute atomic E-state index is 0.470. The summed E-state index contributed by atoms with van der Waals surface area (Å²) in [6.45, 7) is -0.470. The molecule has 1 aliphatic heterocycles. The minimum atomic E-state index is -1.35. The normalized spacial score (nSPS) is 49.2. The monoisotopic (exact) mass is 179 g/mol. The van der Waals surface area contributed by atoms with E-state index in [9.17, 15) is 10.2 Å². The summed E-state index contributed by atoms with van der Waals surface area (Å²) in [5.74, 6) is 0. The fourth-order valence-corrected chi connectivity index (χ4v) is 1.12. The van der Waals surface area contributed by atoms with Crippen molar-refractivity contribution in [2.75, 3.05) is 6.61 Å². The molecule has 0 amide bonds. The van der Waals surface area contributed by atoms with E-state index in [0.29, 0.717) is 0 Å². The third-order valence-corrected chi connectivity index (χ3v) is 1.95. The van der Waals surface area contributed by atoms with E-state index in [2.05, 4.69) is 0 Å². The van der Waals surface area contributed by atoms with E-state index in [4.69, 9.17) is 20.7 Å². The molecule has 0 saturated carbocycles. The fourth-order valence-electron chi connectivity index (χ4n) is 1.12. The topological polar surface area (TPSA) is 116 Å². The zero-order valence-electron chi connectivity index (χ0n) is 6.37. The molecule has 5 atom stereocenters. The lowest BCUT2D eigenvalue weighted by Gasteiger charge is -2.38. The van der Waals surface area contributed by atoms with Crippen molar-refractivity contribution in [2.45, 2.75) is 30.6 Å². The lowest BCUT2D eigenvalue weighted by molar-refractivity contribution is -0.248. The van der Waals surface area contributed by atoms with Gasteiger partial charge >= 0.3 is 0 Å². The van der Waals surface area contributed by atoms with Gasteiger partial charge in [-0.05, 0) is 0 Å². The minimum Gasteiger partial charge on any atom is -0.394 e. The van der Waals surface area contributed by atoms with E-state index in [0.717, 1.165) is 0 Å². The highest BCUT2D eigenvalue weighted by Gasteiger charge is 2.41. The second kappa shape index (κ2) is 3.65. The molecule has 0 radical (unpaired) electrons. The van der Waals surface area contributed by atoms with Crippen LogP contribution in [0.2, 0.25) is 0 Å². The van der Waals surface area contributed by atoms with Crippen LogP contribution in [0.1, 0.15) is 0 Å². The summed E-state index contributed by atoms with van der Waals surface area (Å²) in [6, 6.07) is -1.04. The van der Waals surface area contributed by atoms with Gasteiger partial charge in [0, 0.05) is 0 Å². The van der Waals surface area contributed by atoms with Crippen LogP contribution >= 0.6 is 0 Å². The van der Waals surface area contributed by atoms with E-state index < -0.39 is 37.3 Å². The first-order valence-corrected chi connectivity index (χ1v) is 3.64. The molecule has 0 aromatic heterocycles. The first-order valence-electron chi connectivity index (χ1n) is 3.64. The Morgan fingerprint density at radius 3 is 2.25 bits per heavy atom. The molecule has 1 rings (SSSR count). The van der Waals surface area contributed by atoms with Crippen LogP contribution in [0.3, 0.4) is 0 Å². The summed E-state index contributed by atoms with van der Waals surface area (Å²) < 4.78 is 4.70. The Morgan fingerprint density at radius 1 is 1.17 bits per heavy atom. The highest BCUT2D eigenvalue weighted by atomic mass is 16.6. The van der Waals surface area contributed by atoms with Gasteiger partial charge in [-0.3, -0.25) is 0 Å². The summed E-state index contributed by atoms with van der Waals surface area (Å²) in [5.41, 5.74) is 5.26. The second-order valence-electron chi connectivity index (χ2n) is 2.81. The van der Waals surface area contributed by atoms with E-state index >= 15 is 0 Å². The molecule has 1 saturated heterocycles. The van der Waals surface area contributed by atoms with Crippen molar-refractivity contribution >= 4 is 0 Å². The van der Waals surface area contributed by atoms with Gasteiger partial charge in [-0.2, -0.15) is 0 Å². The van der Waals surface area contributed by atoms with E-state index in [-0.39, 0.29) is 0 Å². The molecule has 6 nitrogen and oxygen atoms in total. The van der Waals surface area contributed by atoms with Crippen molar-refractivity contribution in [1.29, 1.82) is 0 Å². The van der Waals surface area contributed by atoms with Crippen LogP contribution in [-0.2, 0) is 4.74 Å². The predicted octanol–water partition coefficient (Wildman–Crippen LogP) is -3.25. The second-order valence-corrected chi connectivity index (χ2v) is 2.81. The molecule has 1 aliphatic rings. The van der Waals surface area contributed by atoms with Crippen molar-refractivity contribution in [2.24, 2.45) is 5.73 Å². The third kappa shape index (κ3) is 1.58. The molecule has 6 N–H and O–H groups in total. The standard InChI is InChI=1S/C6H13NO5/c7-3-5(10)4(9)2(1-8)12-6(3)11/h2-6,8-11H,1,7H2/t2?,3-,4-,5?,6?/m0/s1. The van der Waals surface area contributed by atoms with Gasteiger partial charge in [0.2, 0.25) is 0 Å². The number of ether oxygens (including phenoxy) is 1. The van der Waals surface area contributed by atoms with Crippen LogP contribution in [0.5, 0.6) is 0 Å². The number of aliphatic hydroxyl groups excluding tert-OH is 4. The molecule has 0 aromatic rings. The predicted molar refractivity (Wildman–Crippen MR) is 38.0 cm³/mol. The average molecular weight is 179 g/mol. The molecule has 12 heavy (non-hydrogen) atoms. The van der Waals surface area contributed by atoms with Gasteiger partial charge in [-0.25, -0.2) is 0 Å². The number of aliphatic hydroxyl groups is 4. The lowest BCUT2D eigenvalue weighted by atomic mass is 9.98. The van der Waals surface area contributed by atoms with Crippen LogP contribution in [0.25, 0.3) is 0 Å². The Kier molecular flexibility index (Phi) is 2.99. The van der Waals surface area contributed by atoms with Gasteiger partial charge in [0.25, 0.3) is 0 Å². The van der Waals surface area contributed by atoms with Crippen LogP contribution in [0.4, 0.5) is 0 Å². The van der Waals surface area contributed by atoms with Gasteiger partial charge in [-0.1, -0.05) is 0 Å². The molecule has 1 heterocycles. The van der Waals surface area contributed by atoms with Crippen LogP contribution in [0, 0.1) is 0 Å². The van der Waals surface area contributed by atoms with Crippen molar-refractivity contribution in [3.8, 4) is 0 Å². The molecule has 0 aromatic carbocycles. The Balaban J connectivity index is 2.63. The lowest BCUT2D eigenvalue weighted by Crippen LogP contribution is -2.61. The van der Waals surface area contributed by atoms with Crippen molar-refractivity contribution < 1.29 is 25.2 Å². The molecule has 0 bridgehead atoms. The summed E-state index contributed by atoms with van der Waals surface area (Å²) >= 11 is 0. The molecular weight excluding hydrogens is 166 g/mol. The van der Waals surface area contributed by atoms with Crippen molar-refractivity contribution in [3.05, 3.63) is 0 Å². The quantitative estimate of drug-likeness (QED) is 0.288. The maximum absolute atomic E-state index is 9.20. The number of hydrogen-bond acceptors (Lipinski definition) is 6. The molecule has 3 unspecified atom stereocenters. The van der Waals surface area contributed by atoms with Gasteiger partial charge in [-0.15, -0.1) is 0 Å². The van der Waals surface area contributed by atoms with Crippen LogP contribution in [0.15, 0.2) is 0 Å². The van der Waals surface area contributed by atoms with E-state index in [1.54, 1.807) is 0 Å².